The molecule has 3 atom stereocenters. The fourth-order valence-corrected chi connectivity index (χ4v) is 4.03. The number of ether oxygens (including phenoxy) is 1. The third kappa shape index (κ3) is 2.71. The van der Waals surface area contributed by atoms with Crippen LogP contribution in [0.4, 0.5) is 5.69 Å². The second-order valence-electron chi connectivity index (χ2n) is 8.06. The predicted molar refractivity (Wildman–Crippen MR) is 97.2 cm³/mol. The molecule has 2 aliphatic rings. The van der Waals surface area contributed by atoms with E-state index in [0.717, 1.165) is 13.0 Å². The second-order valence-corrected chi connectivity index (χ2v) is 8.06. The highest BCUT2D eigenvalue weighted by Crippen LogP contribution is 2.49. The lowest BCUT2D eigenvalue weighted by Crippen LogP contribution is -2.36. The van der Waals surface area contributed by atoms with Crippen LogP contribution in [0.3, 0.4) is 0 Å². The quantitative estimate of drug-likeness (QED) is 0.801. The van der Waals surface area contributed by atoms with Crippen molar-refractivity contribution in [2.45, 2.75) is 51.2 Å². The molecular formula is C21H26N2O. The summed E-state index contributed by atoms with van der Waals surface area (Å²) >= 11 is 0. The first kappa shape index (κ1) is 15.6. The summed E-state index contributed by atoms with van der Waals surface area (Å²) in [6.07, 6.45) is 6.33. The number of nitrogens with one attached hydrogen (secondary N) is 1. The zero-order valence-corrected chi connectivity index (χ0v) is 14.8. The van der Waals surface area contributed by atoms with E-state index in [2.05, 4.69) is 55.3 Å². The van der Waals surface area contributed by atoms with Crippen molar-refractivity contribution in [3.05, 3.63) is 59.4 Å². The van der Waals surface area contributed by atoms with Gasteiger partial charge in [0.1, 0.15) is 0 Å². The summed E-state index contributed by atoms with van der Waals surface area (Å²) in [5, 5.41) is 3.77. The van der Waals surface area contributed by atoms with Crippen LogP contribution in [0.15, 0.2) is 42.7 Å². The molecule has 0 amide bonds. The van der Waals surface area contributed by atoms with Crippen LogP contribution in [0, 0.1) is 5.92 Å². The lowest BCUT2D eigenvalue weighted by Gasteiger charge is -2.43. The van der Waals surface area contributed by atoms with Crippen molar-refractivity contribution < 1.29 is 4.74 Å². The third-order valence-corrected chi connectivity index (χ3v) is 5.37. The molecule has 24 heavy (non-hydrogen) atoms. The molecule has 0 spiro atoms. The molecule has 0 radical (unpaired) electrons. The summed E-state index contributed by atoms with van der Waals surface area (Å²) in [6, 6.07) is 11.3. The normalized spacial score (nSPS) is 26.2. The maximum Gasteiger partial charge on any atom is 0.0895 e. The van der Waals surface area contributed by atoms with Gasteiger partial charge in [0.25, 0.3) is 0 Å². The van der Waals surface area contributed by atoms with Crippen LogP contribution < -0.4 is 5.32 Å². The highest BCUT2D eigenvalue weighted by atomic mass is 16.5. The Morgan fingerprint density at radius 1 is 1.21 bits per heavy atom. The first-order chi connectivity index (χ1) is 11.5. The van der Waals surface area contributed by atoms with Crippen molar-refractivity contribution in [3.8, 4) is 0 Å². The van der Waals surface area contributed by atoms with Gasteiger partial charge in [0, 0.05) is 36.2 Å². The van der Waals surface area contributed by atoms with Crippen molar-refractivity contribution in [2.75, 3.05) is 11.9 Å². The number of aromatic nitrogens is 1. The smallest absolute Gasteiger partial charge is 0.0895 e. The van der Waals surface area contributed by atoms with E-state index in [1.165, 1.54) is 28.8 Å². The molecule has 0 saturated carbocycles. The number of hydrogen-bond acceptors (Lipinski definition) is 3. The number of benzene rings is 1. The van der Waals surface area contributed by atoms with Crippen molar-refractivity contribution in [1.82, 2.24) is 4.98 Å². The van der Waals surface area contributed by atoms with Gasteiger partial charge in [-0.15, -0.1) is 0 Å². The van der Waals surface area contributed by atoms with E-state index in [1.807, 2.05) is 18.5 Å². The number of hydrogen-bond donors (Lipinski definition) is 1. The monoisotopic (exact) mass is 322 g/mol. The molecule has 1 saturated heterocycles. The van der Waals surface area contributed by atoms with Gasteiger partial charge in [-0.3, -0.25) is 4.98 Å². The molecule has 3 nitrogen and oxygen atoms in total. The van der Waals surface area contributed by atoms with Gasteiger partial charge in [-0.2, -0.15) is 0 Å². The van der Waals surface area contributed by atoms with Gasteiger partial charge >= 0.3 is 0 Å². The third-order valence-electron chi connectivity index (χ3n) is 5.37. The Bertz CT molecular complexity index is 720. The molecule has 2 aliphatic heterocycles. The molecular weight excluding hydrogens is 296 g/mol. The molecule has 0 bridgehead atoms. The maximum absolute atomic E-state index is 6.27. The molecule has 3 heterocycles. The predicted octanol–water partition coefficient (Wildman–Crippen LogP) is 5.01. The zero-order valence-electron chi connectivity index (χ0n) is 14.8. The van der Waals surface area contributed by atoms with Crippen LogP contribution >= 0.6 is 0 Å². The highest BCUT2D eigenvalue weighted by molar-refractivity contribution is 5.59. The van der Waals surface area contributed by atoms with Gasteiger partial charge in [-0.25, -0.2) is 0 Å². The van der Waals surface area contributed by atoms with Crippen molar-refractivity contribution >= 4 is 5.69 Å². The molecule has 3 heteroatoms. The number of fused-ring (bicyclic) bond motifs is 3. The van der Waals surface area contributed by atoms with Gasteiger partial charge in [-0.1, -0.05) is 39.0 Å². The Hall–Kier alpha value is -1.87. The Labute approximate surface area is 144 Å². The number of anilines is 1. The van der Waals surface area contributed by atoms with Crippen LogP contribution in [-0.4, -0.2) is 11.6 Å². The molecule has 1 fully saturated rings. The summed E-state index contributed by atoms with van der Waals surface area (Å²) in [5.41, 5.74) is 5.31. The number of nitrogens with zero attached hydrogens (tertiary/aromatic N) is 1. The Morgan fingerprint density at radius 3 is 2.83 bits per heavy atom. The minimum absolute atomic E-state index is 0.152. The van der Waals surface area contributed by atoms with E-state index in [1.54, 1.807) is 0 Å². The standard InChI is InChI=1S/C21H26N2O/c1-21(2,3)15-8-9-18-17(12-15)20-16(7-5-11-24-20)19(23-18)14-6-4-10-22-13-14/h4,6,8-10,12-13,16,19-20,23H,5,7,11H2,1-3H3. The summed E-state index contributed by atoms with van der Waals surface area (Å²) < 4.78 is 6.27. The number of rotatable bonds is 1. The molecule has 0 aliphatic carbocycles. The van der Waals surface area contributed by atoms with Crippen LogP contribution in [0.25, 0.3) is 0 Å². The fraction of sp³-hybridized carbons (Fsp3) is 0.476. The minimum atomic E-state index is 0.152. The van der Waals surface area contributed by atoms with Gasteiger partial charge in [0.15, 0.2) is 0 Å². The van der Waals surface area contributed by atoms with Crippen LogP contribution in [0.2, 0.25) is 0 Å². The molecule has 2 aromatic rings. The van der Waals surface area contributed by atoms with Gasteiger partial charge in [0.05, 0.1) is 12.1 Å². The molecule has 3 unspecified atom stereocenters. The first-order valence-corrected chi connectivity index (χ1v) is 8.96. The number of pyridine rings is 1. The second kappa shape index (κ2) is 5.89. The van der Waals surface area contributed by atoms with Gasteiger partial charge in [-0.05, 0) is 41.5 Å². The largest absolute Gasteiger partial charge is 0.377 e. The van der Waals surface area contributed by atoms with Crippen LogP contribution in [-0.2, 0) is 10.2 Å². The van der Waals surface area contributed by atoms with E-state index in [9.17, 15) is 0 Å². The zero-order chi connectivity index (χ0) is 16.7. The Kier molecular flexibility index (Phi) is 3.84. The average Bonchev–Trinajstić information content (AvgIpc) is 2.60. The maximum atomic E-state index is 6.27. The Balaban J connectivity index is 1.77. The van der Waals surface area contributed by atoms with E-state index in [0.29, 0.717) is 5.92 Å². The van der Waals surface area contributed by atoms with E-state index in [4.69, 9.17) is 4.74 Å². The molecule has 4 rings (SSSR count). The van der Waals surface area contributed by atoms with Gasteiger partial charge < -0.3 is 10.1 Å². The Morgan fingerprint density at radius 2 is 2.08 bits per heavy atom. The van der Waals surface area contributed by atoms with Crippen molar-refractivity contribution in [1.29, 1.82) is 0 Å². The highest BCUT2D eigenvalue weighted by Gasteiger charge is 2.40. The molecule has 1 aromatic carbocycles. The van der Waals surface area contributed by atoms with Crippen LogP contribution in [0.1, 0.15) is 62.4 Å². The molecule has 1 aromatic heterocycles. The summed E-state index contributed by atoms with van der Waals surface area (Å²) in [6.45, 7) is 7.66. The lowest BCUT2D eigenvalue weighted by molar-refractivity contribution is -0.0382. The fourth-order valence-electron chi connectivity index (χ4n) is 4.03. The first-order valence-electron chi connectivity index (χ1n) is 8.96. The van der Waals surface area contributed by atoms with E-state index in [-0.39, 0.29) is 17.6 Å². The average molecular weight is 322 g/mol. The van der Waals surface area contributed by atoms with Crippen molar-refractivity contribution in [3.63, 3.8) is 0 Å². The van der Waals surface area contributed by atoms with E-state index >= 15 is 0 Å². The molecule has 126 valence electrons. The summed E-state index contributed by atoms with van der Waals surface area (Å²) in [7, 11) is 0. The summed E-state index contributed by atoms with van der Waals surface area (Å²) in [5.74, 6) is 0.464. The van der Waals surface area contributed by atoms with Crippen molar-refractivity contribution in [2.24, 2.45) is 5.92 Å². The topological polar surface area (TPSA) is 34.1 Å². The molecule has 1 N–H and O–H groups in total. The van der Waals surface area contributed by atoms with Crippen LogP contribution in [0.5, 0.6) is 0 Å². The summed E-state index contributed by atoms with van der Waals surface area (Å²) in [4.78, 5) is 4.32. The minimum Gasteiger partial charge on any atom is -0.377 e. The van der Waals surface area contributed by atoms with Gasteiger partial charge in [0.2, 0.25) is 0 Å². The SMILES string of the molecule is CC(C)(C)c1ccc2c(c1)C1OCCCC1C(c1cccnc1)N2. The van der Waals surface area contributed by atoms with E-state index < -0.39 is 0 Å². The lowest BCUT2D eigenvalue weighted by atomic mass is 9.76.